The number of nitrogens with one attached hydrogen (secondary N) is 1. The Morgan fingerprint density at radius 2 is 1.78 bits per heavy atom. The highest BCUT2D eigenvalue weighted by Gasteiger charge is 2.11. The summed E-state index contributed by atoms with van der Waals surface area (Å²) in [6.45, 7) is 2.89. The first-order valence-electron chi connectivity index (χ1n) is 8.06. The van der Waals surface area contributed by atoms with Crippen LogP contribution in [0.4, 0.5) is 5.69 Å². The number of rotatable bonds is 5. The Labute approximate surface area is 145 Å². The Balaban J connectivity index is 1.50. The summed E-state index contributed by atoms with van der Waals surface area (Å²) in [6.07, 6.45) is 2.98. The van der Waals surface area contributed by atoms with E-state index in [1.807, 2.05) is 24.3 Å². The molecular formula is C19H21BrN2O. The number of anilines is 1. The maximum atomic E-state index is 12.0. The van der Waals surface area contributed by atoms with E-state index in [2.05, 4.69) is 50.4 Å². The summed E-state index contributed by atoms with van der Waals surface area (Å²) in [4.78, 5) is 14.5. The van der Waals surface area contributed by atoms with Crippen molar-refractivity contribution in [3.63, 3.8) is 0 Å². The van der Waals surface area contributed by atoms with E-state index >= 15 is 0 Å². The summed E-state index contributed by atoms with van der Waals surface area (Å²) in [5.74, 6) is 0.0479. The first kappa shape index (κ1) is 16.1. The van der Waals surface area contributed by atoms with Crippen LogP contribution >= 0.6 is 15.9 Å². The van der Waals surface area contributed by atoms with Gasteiger partial charge < -0.3 is 10.2 Å². The van der Waals surface area contributed by atoms with Crippen LogP contribution in [0.2, 0.25) is 0 Å². The second kappa shape index (κ2) is 7.64. The van der Waals surface area contributed by atoms with Crippen LogP contribution in [0.5, 0.6) is 0 Å². The third-order valence-electron chi connectivity index (χ3n) is 4.15. The molecule has 0 radical (unpaired) electrons. The number of halogens is 1. The molecule has 3 nitrogen and oxygen atoms in total. The Kier molecular flexibility index (Phi) is 5.34. The number of hydrogen-bond acceptors (Lipinski definition) is 2. The highest BCUT2D eigenvalue weighted by atomic mass is 79.9. The number of amides is 1. The second-order valence-electron chi connectivity index (χ2n) is 5.94. The first-order chi connectivity index (χ1) is 11.2. The van der Waals surface area contributed by atoms with Crippen molar-refractivity contribution in [3.8, 4) is 0 Å². The molecular weight excluding hydrogens is 352 g/mol. The van der Waals surface area contributed by atoms with Crippen LogP contribution in [0.1, 0.15) is 24.0 Å². The van der Waals surface area contributed by atoms with Crippen molar-refractivity contribution in [2.75, 3.05) is 18.0 Å². The van der Waals surface area contributed by atoms with Crippen molar-refractivity contribution in [2.45, 2.75) is 25.8 Å². The van der Waals surface area contributed by atoms with Crippen LogP contribution in [0.25, 0.3) is 0 Å². The molecule has 0 saturated carbocycles. The number of carbonyl (C=O) groups excluding carboxylic acids is 1. The Bertz CT molecular complexity index is 663. The minimum atomic E-state index is 0.0479. The van der Waals surface area contributed by atoms with E-state index < -0.39 is 0 Å². The van der Waals surface area contributed by atoms with Gasteiger partial charge in [0, 0.05) is 29.8 Å². The van der Waals surface area contributed by atoms with Crippen LogP contribution in [0.15, 0.2) is 53.0 Å². The van der Waals surface area contributed by atoms with Gasteiger partial charge in [-0.15, -0.1) is 0 Å². The van der Waals surface area contributed by atoms with Crippen molar-refractivity contribution < 1.29 is 4.79 Å². The Morgan fingerprint density at radius 3 is 2.48 bits per heavy atom. The number of hydrogen-bond donors (Lipinski definition) is 1. The maximum Gasteiger partial charge on any atom is 0.224 e. The summed E-state index contributed by atoms with van der Waals surface area (Å²) >= 11 is 3.43. The fraction of sp³-hybridized carbons (Fsp3) is 0.316. The van der Waals surface area contributed by atoms with Gasteiger partial charge in [0.05, 0.1) is 6.42 Å². The lowest BCUT2D eigenvalue weighted by molar-refractivity contribution is -0.120. The van der Waals surface area contributed by atoms with Gasteiger partial charge in [-0.25, -0.2) is 0 Å². The molecule has 0 unspecified atom stereocenters. The fourth-order valence-electron chi connectivity index (χ4n) is 2.90. The molecule has 1 aliphatic rings. The van der Waals surface area contributed by atoms with Gasteiger partial charge in [-0.2, -0.15) is 0 Å². The lowest BCUT2D eigenvalue weighted by Crippen LogP contribution is -2.24. The van der Waals surface area contributed by atoms with Crippen molar-refractivity contribution in [2.24, 2.45) is 0 Å². The Hall–Kier alpha value is -1.81. The van der Waals surface area contributed by atoms with E-state index in [-0.39, 0.29) is 5.91 Å². The summed E-state index contributed by atoms with van der Waals surface area (Å²) in [6, 6.07) is 16.4. The van der Waals surface area contributed by atoms with Gasteiger partial charge >= 0.3 is 0 Å². The predicted octanol–water partition coefficient (Wildman–Crippen LogP) is 3.91. The topological polar surface area (TPSA) is 32.3 Å². The van der Waals surface area contributed by atoms with E-state index in [9.17, 15) is 4.79 Å². The van der Waals surface area contributed by atoms with Gasteiger partial charge in [-0.3, -0.25) is 4.79 Å². The van der Waals surface area contributed by atoms with E-state index in [4.69, 9.17) is 0 Å². The second-order valence-corrected chi connectivity index (χ2v) is 6.86. The SMILES string of the molecule is O=C(Cc1cccc(Br)c1)NCc1ccc(N2CCCC2)cc1. The number of benzene rings is 2. The van der Waals surface area contributed by atoms with Crippen molar-refractivity contribution >= 4 is 27.5 Å². The standard InChI is InChI=1S/C19H21BrN2O/c20-17-5-3-4-16(12-17)13-19(23)21-14-15-6-8-18(9-7-15)22-10-1-2-11-22/h3-9,12H,1-2,10-11,13-14H2,(H,21,23). The highest BCUT2D eigenvalue weighted by molar-refractivity contribution is 9.10. The van der Waals surface area contributed by atoms with Crippen LogP contribution < -0.4 is 10.2 Å². The van der Waals surface area contributed by atoms with E-state index in [1.54, 1.807) is 0 Å². The van der Waals surface area contributed by atoms with Crippen molar-refractivity contribution in [1.82, 2.24) is 5.32 Å². The molecule has 1 fully saturated rings. The molecule has 3 rings (SSSR count). The molecule has 0 spiro atoms. The molecule has 2 aromatic carbocycles. The lowest BCUT2D eigenvalue weighted by Gasteiger charge is -2.17. The third-order valence-corrected chi connectivity index (χ3v) is 4.64. The molecule has 1 heterocycles. The van der Waals surface area contributed by atoms with Crippen LogP contribution in [0.3, 0.4) is 0 Å². The zero-order valence-corrected chi connectivity index (χ0v) is 14.7. The average Bonchev–Trinajstić information content (AvgIpc) is 3.08. The molecule has 1 saturated heterocycles. The van der Waals surface area contributed by atoms with Gasteiger partial charge in [0.2, 0.25) is 5.91 Å². The molecule has 4 heteroatoms. The van der Waals surface area contributed by atoms with E-state index in [0.29, 0.717) is 13.0 Å². The smallest absolute Gasteiger partial charge is 0.224 e. The molecule has 23 heavy (non-hydrogen) atoms. The molecule has 0 bridgehead atoms. The van der Waals surface area contributed by atoms with E-state index in [1.165, 1.54) is 18.5 Å². The molecule has 1 N–H and O–H groups in total. The monoisotopic (exact) mass is 372 g/mol. The number of nitrogens with zero attached hydrogens (tertiary/aromatic N) is 1. The van der Waals surface area contributed by atoms with Crippen LogP contribution in [-0.2, 0) is 17.8 Å². The largest absolute Gasteiger partial charge is 0.372 e. The summed E-state index contributed by atoms with van der Waals surface area (Å²) in [5.41, 5.74) is 3.43. The lowest BCUT2D eigenvalue weighted by atomic mass is 10.1. The molecule has 120 valence electrons. The van der Waals surface area contributed by atoms with E-state index in [0.717, 1.165) is 28.7 Å². The fourth-order valence-corrected chi connectivity index (χ4v) is 3.34. The molecule has 0 aromatic heterocycles. The minimum Gasteiger partial charge on any atom is -0.372 e. The molecule has 1 amide bonds. The van der Waals surface area contributed by atoms with Crippen molar-refractivity contribution in [3.05, 3.63) is 64.1 Å². The maximum absolute atomic E-state index is 12.0. The summed E-state index contributed by atoms with van der Waals surface area (Å²) in [5, 5.41) is 2.99. The van der Waals surface area contributed by atoms with Gasteiger partial charge in [0.1, 0.15) is 0 Å². The first-order valence-corrected chi connectivity index (χ1v) is 8.85. The third kappa shape index (κ3) is 4.58. The zero-order chi connectivity index (χ0) is 16.1. The van der Waals surface area contributed by atoms with Gasteiger partial charge in [0.25, 0.3) is 0 Å². The predicted molar refractivity (Wildman–Crippen MR) is 97.6 cm³/mol. The summed E-state index contributed by atoms with van der Waals surface area (Å²) < 4.78 is 1.00. The summed E-state index contributed by atoms with van der Waals surface area (Å²) in [7, 11) is 0. The molecule has 1 aliphatic heterocycles. The highest BCUT2D eigenvalue weighted by Crippen LogP contribution is 2.20. The van der Waals surface area contributed by atoms with Gasteiger partial charge in [0.15, 0.2) is 0 Å². The Morgan fingerprint density at radius 1 is 1.04 bits per heavy atom. The minimum absolute atomic E-state index is 0.0479. The van der Waals surface area contributed by atoms with Crippen LogP contribution in [-0.4, -0.2) is 19.0 Å². The van der Waals surface area contributed by atoms with Gasteiger partial charge in [-0.1, -0.05) is 40.2 Å². The van der Waals surface area contributed by atoms with Crippen molar-refractivity contribution in [1.29, 1.82) is 0 Å². The average molecular weight is 373 g/mol. The zero-order valence-electron chi connectivity index (χ0n) is 13.1. The molecule has 2 aromatic rings. The quantitative estimate of drug-likeness (QED) is 0.862. The molecule has 0 atom stereocenters. The van der Waals surface area contributed by atoms with Gasteiger partial charge in [-0.05, 0) is 48.2 Å². The molecule has 0 aliphatic carbocycles. The normalized spacial score (nSPS) is 14.0. The van der Waals surface area contributed by atoms with Crippen LogP contribution in [0, 0.1) is 0 Å². The number of carbonyl (C=O) groups is 1.